The van der Waals surface area contributed by atoms with Crippen molar-refractivity contribution < 1.29 is 24.3 Å². The third-order valence-electron chi connectivity index (χ3n) is 2.77. The first kappa shape index (κ1) is 12.4. The van der Waals surface area contributed by atoms with Crippen molar-refractivity contribution in [2.45, 2.75) is 25.4 Å². The van der Waals surface area contributed by atoms with Gasteiger partial charge in [0.25, 0.3) is 0 Å². The molecule has 1 aliphatic rings. The van der Waals surface area contributed by atoms with E-state index in [2.05, 4.69) is 0 Å². The second-order valence-electron chi connectivity index (χ2n) is 4.48. The molecule has 2 N–H and O–H groups in total. The van der Waals surface area contributed by atoms with Crippen molar-refractivity contribution in [2.24, 2.45) is 0 Å². The summed E-state index contributed by atoms with van der Waals surface area (Å²) in [4.78, 5) is 12.6. The van der Waals surface area contributed by atoms with E-state index in [0.717, 1.165) is 11.4 Å². The minimum absolute atomic E-state index is 0.0736. The number of quaternary nitrogens is 1. The lowest BCUT2D eigenvalue weighted by atomic mass is 10.1. The zero-order valence-electron chi connectivity index (χ0n) is 9.58. The van der Waals surface area contributed by atoms with Crippen LogP contribution in [0.2, 0.25) is 0 Å². The first-order valence-electron chi connectivity index (χ1n) is 5.15. The van der Waals surface area contributed by atoms with Gasteiger partial charge in [0.2, 0.25) is 6.04 Å². The molecule has 5 heteroatoms. The van der Waals surface area contributed by atoms with E-state index in [4.69, 9.17) is 14.6 Å². The van der Waals surface area contributed by atoms with Gasteiger partial charge >= 0.3 is 5.97 Å². The predicted molar refractivity (Wildman–Crippen MR) is 53.6 cm³/mol. The van der Waals surface area contributed by atoms with Crippen LogP contribution >= 0.6 is 0 Å². The second kappa shape index (κ2) is 4.92. The van der Waals surface area contributed by atoms with Crippen LogP contribution in [0, 0.1) is 0 Å². The Morgan fingerprint density at radius 1 is 1.53 bits per heavy atom. The van der Waals surface area contributed by atoms with Crippen molar-refractivity contribution in [3.63, 3.8) is 0 Å². The molecule has 0 aromatic heterocycles. The fourth-order valence-electron chi connectivity index (χ4n) is 1.56. The molecule has 0 spiro atoms. The molecule has 1 unspecified atom stereocenters. The molecule has 15 heavy (non-hydrogen) atoms. The van der Waals surface area contributed by atoms with Crippen molar-refractivity contribution in [3.8, 4) is 0 Å². The molecule has 1 heterocycles. The molecule has 88 valence electrons. The van der Waals surface area contributed by atoms with Crippen LogP contribution in [0.3, 0.4) is 0 Å². The van der Waals surface area contributed by atoms with Crippen molar-refractivity contribution in [2.75, 3.05) is 33.5 Å². The number of aliphatic hydroxyl groups is 1. The highest BCUT2D eigenvalue weighted by atomic mass is 16.6. The van der Waals surface area contributed by atoms with Crippen LogP contribution in [-0.4, -0.2) is 56.1 Å². The smallest absolute Gasteiger partial charge is 0.371 e. The van der Waals surface area contributed by atoms with Crippen LogP contribution in [0.25, 0.3) is 0 Å². The van der Waals surface area contributed by atoms with Crippen molar-refractivity contribution in [1.29, 1.82) is 0 Å². The molecule has 2 atom stereocenters. The lowest BCUT2D eigenvalue weighted by molar-refractivity contribution is -0.829. The third kappa shape index (κ3) is 3.15. The van der Waals surface area contributed by atoms with Crippen molar-refractivity contribution in [1.82, 2.24) is 0 Å². The van der Waals surface area contributed by atoms with Gasteiger partial charge in [-0.15, -0.1) is 0 Å². The summed E-state index contributed by atoms with van der Waals surface area (Å²) in [7, 11) is 1.57. The van der Waals surface area contributed by atoms with Crippen LogP contribution in [0.15, 0.2) is 0 Å². The maximum Gasteiger partial charge on any atom is 0.371 e. The maximum absolute atomic E-state index is 11.5. The van der Waals surface area contributed by atoms with Gasteiger partial charge < -0.3 is 19.5 Å². The van der Waals surface area contributed by atoms with Gasteiger partial charge in [-0.05, 0) is 13.8 Å². The largest absolute Gasteiger partial charge is 0.459 e. The molecule has 0 amide bonds. The average molecular weight is 218 g/mol. The van der Waals surface area contributed by atoms with Gasteiger partial charge in [-0.2, -0.15) is 0 Å². The van der Waals surface area contributed by atoms with Gasteiger partial charge in [-0.25, -0.2) is 4.79 Å². The van der Waals surface area contributed by atoms with E-state index in [1.165, 1.54) is 0 Å². The SMILES string of the molecule is COCCOC(=O)[C@@H]1C[NH+]1C(C)(C)CO. The lowest BCUT2D eigenvalue weighted by Gasteiger charge is -2.20. The molecule has 0 aliphatic carbocycles. The molecule has 0 bridgehead atoms. The molecule has 1 rings (SSSR count). The van der Waals surface area contributed by atoms with Crippen LogP contribution in [0.1, 0.15) is 13.8 Å². The number of carbonyl (C=O) groups excluding carboxylic acids is 1. The van der Waals surface area contributed by atoms with Crippen LogP contribution < -0.4 is 4.90 Å². The summed E-state index contributed by atoms with van der Waals surface area (Å²) >= 11 is 0. The Hall–Kier alpha value is -0.650. The van der Waals surface area contributed by atoms with Crippen LogP contribution in [-0.2, 0) is 14.3 Å². The molecule has 5 nitrogen and oxygen atoms in total. The number of hydrogen-bond acceptors (Lipinski definition) is 4. The fourth-order valence-corrected chi connectivity index (χ4v) is 1.56. The second-order valence-corrected chi connectivity index (χ2v) is 4.48. The number of esters is 1. The zero-order chi connectivity index (χ0) is 11.5. The summed E-state index contributed by atoms with van der Waals surface area (Å²) in [5.74, 6) is -0.191. The molecule has 0 saturated carbocycles. The van der Waals surface area contributed by atoms with Crippen LogP contribution in [0.4, 0.5) is 0 Å². The Morgan fingerprint density at radius 2 is 2.20 bits per heavy atom. The minimum Gasteiger partial charge on any atom is -0.459 e. The fraction of sp³-hybridized carbons (Fsp3) is 0.900. The van der Waals surface area contributed by atoms with Gasteiger partial charge in [0.15, 0.2) is 0 Å². The lowest BCUT2D eigenvalue weighted by Crippen LogP contribution is -3.05. The molecule has 0 aromatic carbocycles. The van der Waals surface area contributed by atoms with Gasteiger partial charge in [-0.3, -0.25) is 0 Å². The van der Waals surface area contributed by atoms with E-state index in [1.54, 1.807) is 7.11 Å². The topological polar surface area (TPSA) is 60.2 Å². The molecule has 0 radical (unpaired) electrons. The highest BCUT2D eigenvalue weighted by Crippen LogP contribution is 2.04. The first-order chi connectivity index (χ1) is 7.03. The Kier molecular flexibility index (Phi) is 4.07. The van der Waals surface area contributed by atoms with E-state index >= 15 is 0 Å². The predicted octanol–water partition coefficient (Wildman–Crippen LogP) is -1.79. The quantitative estimate of drug-likeness (QED) is 0.314. The number of carbonyl (C=O) groups is 1. The van der Waals surface area contributed by atoms with E-state index in [0.29, 0.717) is 13.2 Å². The molecule has 1 aliphatic heterocycles. The van der Waals surface area contributed by atoms with Gasteiger partial charge in [0.05, 0.1) is 13.2 Å². The highest BCUT2D eigenvalue weighted by molar-refractivity contribution is 5.76. The number of nitrogens with one attached hydrogen (secondary N) is 1. The number of methoxy groups -OCH3 is 1. The number of ether oxygens (including phenoxy) is 2. The molecular formula is C10H20NO4+. The van der Waals surface area contributed by atoms with Gasteiger partial charge in [0.1, 0.15) is 18.7 Å². The van der Waals surface area contributed by atoms with E-state index in [-0.39, 0.29) is 24.2 Å². The Bertz CT molecular complexity index is 229. The first-order valence-corrected chi connectivity index (χ1v) is 5.15. The Labute approximate surface area is 90.0 Å². The standard InChI is InChI=1S/C10H19NO4/c1-10(2,7-12)11-6-8(11)9(13)15-5-4-14-3/h8,12H,4-7H2,1-3H3/p+1/t8-,11?/m0/s1. The molecular weight excluding hydrogens is 198 g/mol. The van der Waals surface area contributed by atoms with E-state index in [1.807, 2.05) is 13.8 Å². The summed E-state index contributed by atoms with van der Waals surface area (Å²) < 4.78 is 9.79. The van der Waals surface area contributed by atoms with E-state index in [9.17, 15) is 4.79 Å². The highest BCUT2D eigenvalue weighted by Gasteiger charge is 2.55. The Morgan fingerprint density at radius 3 is 2.73 bits per heavy atom. The van der Waals surface area contributed by atoms with Crippen LogP contribution in [0.5, 0.6) is 0 Å². The summed E-state index contributed by atoms with van der Waals surface area (Å²) in [6.07, 6.45) is 0. The van der Waals surface area contributed by atoms with Crippen molar-refractivity contribution in [3.05, 3.63) is 0 Å². The molecule has 1 fully saturated rings. The Balaban J connectivity index is 2.28. The summed E-state index contributed by atoms with van der Waals surface area (Å²) in [6, 6.07) is -0.107. The van der Waals surface area contributed by atoms with Gasteiger partial charge in [0, 0.05) is 7.11 Å². The van der Waals surface area contributed by atoms with Crippen molar-refractivity contribution >= 4 is 5.97 Å². The third-order valence-corrected chi connectivity index (χ3v) is 2.77. The normalized spacial score (nSPS) is 25.1. The number of rotatable bonds is 6. The molecule has 0 aromatic rings. The monoisotopic (exact) mass is 218 g/mol. The summed E-state index contributed by atoms with van der Waals surface area (Å²) in [5.41, 5.74) is -0.259. The zero-order valence-corrected chi connectivity index (χ0v) is 9.58. The molecule has 1 saturated heterocycles. The summed E-state index contributed by atoms with van der Waals surface area (Å²) in [6.45, 7) is 5.43. The number of hydrogen-bond donors (Lipinski definition) is 2. The van der Waals surface area contributed by atoms with E-state index < -0.39 is 0 Å². The number of aliphatic hydroxyl groups excluding tert-OH is 1. The maximum atomic E-state index is 11.5. The average Bonchev–Trinajstić information content (AvgIpc) is 2.98. The summed E-state index contributed by atoms with van der Waals surface area (Å²) in [5, 5.41) is 9.13. The minimum atomic E-state index is -0.259. The van der Waals surface area contributed by atoms with Gasteiger partial charge in [-0.1, -0.05) is 0 Å².